The Morgan fingerprint density at radius 1 is 1.25 bits per heavy atom. The van der Waals surface area contributed by atoms with E-state index in [9.17, 15) is 13.2 Å². The van der Waals surface area contributed by atoms with E-state index in [1.54, 1.807) is 12.1 Å². The number of methoxy groups -OCH3 is 1. The van der Waals surface area contributed by atoms with Crippen molar-refractivity contribution in [3.63, 3.8) is 0 Å². The van der Waals surface area contributed by atoms with E-state index >= 15 is 0 Å². The molecule has 0 amide bonds. The fourth-order valence-electron chi connectivity index (χ4n) is 1.54. The molecule has 0 aliphatic heterocycles. The van der Waals surface area contributed by atoms with Crippen molar-refractivity contribution in [3.05, 3.63) is 41.3 Å². The van der Waals surface area contributed by atoms with E-state index in [-0.39, 0.29) is 20.5 Å². The number of para-hydroxylation sites is 1. The molecule has 1 heterocycles. The third-order valence-electron chi connectivity index (χ3n) is 2.41. The number of aromatic carboxylic acids is 1. The zero-order valence-corrected chi connectivity index (χ0v) is 12.0. The minimum atomic E-state index is -3.83. The zero-order valence-electron chi connectivity index (χ0n) is 10.4. The Morgan fingerprint density at radius 3 is 2.55 bits per heavy atom. The summed E-state index contributed by atoms with van der Waals surface area (Å²) in [4.78, 5) is 10.8. The quantitative estimate of drug-likeness (QED) is 0.883. The molecule has 0 aliphatic rings. The molecule has 0 unspecified atom stereocenters. The average Bonchev–Trinajstić information content (AvgIpc) is 2.86. The van der Waals surface area contributed by atoms with Crippen molar-refractivity contribution < 1.29 is 23.1 Å². The van der Waals surface area contributed by atoms with Gasteiger partial charge in [-0.15, -0.1) is 11.3 Å². The predicted molar refractivity (Wildman–Crippen MR) is 75.1 cm³/mol. The SMILES string of the molecule is COc1ccccc1S(=O)(=O)Nc1ccc(C(=O)O)s1. The van der Waals surface area contributed by atoms with Gasteiger partial charge in [-0.05, 0) is 24.3 Å². The van der Waals surface area contributed by atoms with Crippen LogP contribution < -0.4 is 9.46 Å². The van der Waals surface area contributed by atoms with Crippen molar-refractivity contribution in [2.45, 2.75) is 4.90 Å². The molecule has 0 radical (unpaired) electrons. The molecule has 0 spiro atoms. The van der Waals surface area contributed by atoms with Gasteiger partial charge in [-0.3, -0.25) is 4.72 Å². The molecule has 0 bridgehead atoms. The van der Waals surface area contributed by atoms with Crippen LogP contribution in [-0.4, -0.2) is 26.6 Å². The van der Waals surface area contributed by atoms with Crippen LogP contribution in [0.3, 0.4) is 0 Å². The standard InChI is InChI=1S/C12H11NO5S2/c1-18-8-4-2-3-5-10(8)20(16,17)13-11-7-6-9(19-11)12(14)15/h2-7,13H,1H3,(H,14,15). The number of ether oxygens (including phenoxy) is 1. The van der Waals surface area contributed by atoms with Crippen LogP contribution >= 0.6 is 11.3 Å². The first-order chi connectivity index (χ1) is 9.44. The van der Waals surface area contributed by atoms with Gasteiger partial charge in [-0.25, -0.2) is 13.2 Å². The van der Waals surface area contributed by atoms with Crippen molar-refractivity contribution in [1.82, 2.24) is 0 Å². The Bertz CT molecular complexity index is 736. The summed E-state index contributed by atoms with van der Waals surface area (Å²) >= 11 is 0.845. The normalized spacial score (nSPS) is 11.1. The molecule has 2 rings (SSSR count). The molecule has 0 atom stereocenters. The van der Waals surface area contributed by atoms with Gasteiger partial charge in [0.05, 0.1) is 7.11 Å². The summed E-state index contributed by atoms with van der Waals surface area (Å²) in [5.41, 5.74) is 0. The van der Waals surface area contributed by atoms with Gasteiger partial charge in [0.15, 0.2) is 0 Å². The highest BCUT2D eigenvalue weighted by molar-refractivity contribution is 7.93. The van der Waals surface area contributed by atoms with Gasteiger partial charge >= 0.3 is 5.97 Å². The summed E-state index contributed by atoms with van der Waals surface area (Å²) in [6.07, 6.45) is 0. The van der Waals surface area contributed by atoms with Crippen LogP contribution in [0.15, 0.2) is 41.3 Å². The number of carboxylic acid groups (broad SMARTS) is 1. The molecule has 20 heavy (non-hydrogen) atoms. The first-order valence-corrected chi connectivity index (χ1v) is 7.73. The number of thiophene rings is 1. The number of carboxylic acids is 1. The van der Waals surface area contributed by atoms with E-state index in [0.29, 0.717) is 0 Å². The van der Waals surface area contributed by atoms with Crippen LogP contribution in [0.2, 0.25) is 0 Å². The van der Waals surface area contributed by atoms with Crippen molar-refractivity contribution in [1.29, 1.82) is 0 Å². The van der Waals surface area contributed by atoms with Crippen molar-refractivity contribution in [3.8, 4) is 5.75 Å². The van der Waals surface area contributed by atoms with Crippen molar-refractivity contribution in [2.75, 3.05) is 11.8 Å². The Morgan fingerprint density at radius 2 is 1.95 bits per heavy atom. The van der Waals surface area contributed by atoms with E-state index in [2.05, 4.69) is 4.72 Å². The number of carbonyl (C=O) groups is 1. The lowest BCUT2D eigenvalue weighted by molar-refractivity contribution is 0.0702. The highest BCUT2D eigenvalue weighted by Crippen LogP contribution is 2.28. The maximum absolute atomic E-state index is 12.2. The molecular formula is C12H11NO5S2. The lowest BCUT2D eigenvalue weighted by Gasteiger charge is -2.09. The molecule has 2 aromatic rings. The third-order valence-corrected chi connectivity index (χ3v) is 4.93. The second-order valence-corrected chi connectivity index (χ2v) is 6.46. The molecule has 6 nitrogen and oxygen atoms in total. The molecule has 0 saturated heterocycles. The molecule has 106 valence electrons. The second-order valence-electron chi connectivity index (χ2n) is 3.73. The minimum Gasteiger partial charge on any atom is -0.495 e. The van der Waals surface area contributed by atoms with E-state index in [4.69, 9.17) is 9.84 Å². The number of anilines is 1. The van der Waals surface area contributed by atoms with Crippen LogP contribution in [0.25, 0.3) is 0 Å². The Kier molecular flexibility index (Phi) is 3.96. The summed E-state index contributed by atoms with van der Waals surface area (Å²) in [5, 5.41) is 9.04. The van der Waals surface area contributed by atoms with E-state index in [1.807, 2.05) is 0 Å². The van der Waals surface area contributed by atoms with Gasteiger partial charge in [-0.1, -0.05) is 12.1 Å². The number of sulfonamides is 1. The van der Waals surface area contributed by atoms with Crippen LogP contribution in [0.1, 0.15) is 9.67 Å². The maximum atomic E-state index is 12.2. The van der Waals surface area contributed by atoms with Crippen LogP contribution in [0.5, 0.6) is 5.75 Å². The molecular weight excluding hydrogens is 302 g/mol. The van der Waals surface area contributed by atoms with E-state index < -0.39 is 16.0 Å². The smallest absolute Gasteiger partial charge is 0.345 e. The number of rotatable bonds is 5. The van der Waals surface area contributed by atoms with E-state index in [1.165, 1.54) is 31.4 Å². The van der Waals surface area contributed by atoms with Gasteiger partial charge in [0.25, 0.3) is 10.0 Å². The van der Waals surface area contributed by atoms with Gasteiger partial charge in [0.1, 0.15) is 20.5 Å². The Labute approximate surface area is 119 Å². The molecule has 0 aliphatic carbocycles. The topological polar surface area (TPSA) is 92.7 Å². The lowest BCUT2D eigenvalue weighted by atomic mass is 10.3. The summed E-state index contributed by atoms with van der Waals surface area (Å²) < 4.78 is 31.8. The lowest BCUT2D eigenvalue weighted by Crippen LogP contribution is -2.13. The fourth-order valence-corrected chi connectivity index (χ4v) is 3.74. The summed E-state index contributed by atoms with van der Waals surface area (Å²) in [6.45, 7) is 0. The monoisotopic (exact) mass is 313 g/mol. The molecule has 1 aromatic carbocycles. The van der Waals surface area contributed by atoms with Crippen molar-refractivity contribution in [2.24, 2.45) is 0 Å². The Hall–Kier alpha value is -2.06. The highest BCUT2D eigenvalue weighted by atomic mass is 32.2. The minimum absolute atomic E-state index is 0.00669. The highest BCUT2D eigenvalue weighted by Gasteiger charge is 2.20. The molecule has 0 fully saturated rings. The maximum Gasteiger partial charge on any atom is 0.345 e. The van der Waals surface area contributed by atoms with E-state index in [0.717, 1.165) is 11.3 Å². The van der Waals surface area contributed by atoms with Gasteiger partial charge < -0.3 is 9.84 Å². The number of nitrogens with one attached hydrogen (secondary N) is 1. The number of benzene rings is 1. The molecule has 0 saturated carbocycles. The summed E-state index contributed by atoms with van der Waals surface area (Å²) in [7, 11) is -2.45. The van der Waals surface area contributed by atoms with Crippen LogP contribution in [0, 0.1) is 0 Å². The second kappa shape index (κ2) is 5.51. The summed E-state index contributed by atoms with van der Waals surface area (Å²) in [6, 6.07) is 8.92. The predicted octanol–water partition coefficient (Wildman–Crippen LogP) is 2.26. The first-order valence-electron chi connectivity index (χ1n) is 5.43. The van der Waals surface area contributed by atoms with Gasteiger partial charge in [0, 0.05) is 0 Å². The molecule has 2 N–H and O–H groups in total. The third kappa shape index (κ3) is 2.91. The Balaban J connectivity index is 2.33. The molecule has 1 aromatic heterocycles. The molecule has 8 heteroatoms. The summed E-state index contributed by atoms with van der Waals surface area (Å²) in [5.74, 6) is -0.882. The largest absolute Gasteiger partial charge is 0.495 e. The van der Waals surface area contributed by atoms with Crippen LogP contribution in [0.4, 0.5) is 5.00 Å². The number of hydrogen-bond donors (Lipinski definition) is 2. The fraction of sp³-hybridized carbons (Fsp3) is 0.0833. The zero-order chi connectivity index (χ0) is 14.8. The average molecular weight is 313 g/mol. The first kappa shape index (κ1) is 14.4. The van der Waals surface area contributed by atoms with Crippen molar-refractivity contribution >= 4 is 32.3 Å². The van der Waals surface area contributed by atoms with Gasteiger partial charge in [0.2, 0.25) is 0 Å². The van der Waals surface area contributed by atoms with Crippen LogP contribution in [-0.2, 0) is 10.0 Å². The van der Waals surface area contributed by atoms with Gasteiger partial charge in [-0.2, -0.15) is 0 Å². The number of hydrogen-bond acceptors (Lipinski definition) is 5.